The minimum absolute atomic E-state index is 0.142. The Morgan fingerprint density at radius 2 is 1.80 bits per heavy atom. The van der Waals surface area contributed by atoms with E-state index in [1.54, 1.807) is 0 Å². The number of piperidine rings is 1. The molecule has 0 spiro atoms. The second-order valence-corrected chi connectivity index (χ2v) is 8.37. The molecule has 0 N–H and O–H groups in total. The second kappa shape index (κ2) is 7.54. The highest BCUT2D eigenvalue weighted by atomic mass is 32.2. The van der Waals surface area contributed by atoms with Crippen molar-refractivity contribution in [3.63, 3.8) is 0 Å². The molecule has 1 aliphatic rings. The van der Waals surface area contributed by atoms with E-state index >= 15 is 0 Å². The summed E-state index contributed by atoms with van der Waals surface area (Å²) in [4.78, 5) is 0.142. The van der Waals surface area contributed by atoms with Gasteiger partial charge in [-0.1, -0.05) is 12.1 Å². The normalized spacial score (nSPS) is 16.7. The van der Waals surface area contributed by atoms with E-state index in [4.69, 9.17) is 4.74 Å². The lowest BCUT2D eigenvalue weighted by Gasteiger charge is -2.31. The summed E-state index contributed by atoms with van der Waals surface area (Å²) in [5.74, 6) is 0.743. The highest BCUT2D eigenvalue weighted by Crippen LogP contribution is 2.25. The van der Waals surface area contributed by atoms with Gasteiger partial charge < -0.3 is 4.74 Å². The van der Waals surface area contributed by atoms with Gasteiger partial charge in [0.25, 0.3) is 0 Å². The summed E-state index contributed by atoms with van der Waals surface area (Å²) in [6, 6.07) is 12.9. The van der Waals surface area contributed by atoms with E-state index in [9.17, 15) is 12.8 Å². The number of aryl methyl sites for hydroxylation is 1. The minimum atomic E-state index is -3.55. The first-order valence-electron chi connectivity index (χ1n) is 8.40. The van der Waals surface area contributed by atoms with Gasteiger partial charge in [-0.25, -0.2) is 12.8 Å². The Morgan fingerprint density at radius 1 is 1.12 bits per heavy atom. The lowest BCUT2D eigenvalue weighted by molar-refractivity contribution is 0.185. The number of halogens is 1. The van der Waals surface area contributed by atoms with E-state index in [1.807, 2.05) is 31.2 Å². The fourth-order valence-electron chi connectivity index (χ4n) is 2.99. The van der Waals surface area contributed by atoms with Crippen molar-refractivity contribution in [3.05, 3.63) is 59.9 Å². The van der Waals surface area contributed by atoms with Crippen LogP contribution in [0.2, 0.25) is 0 Å². The molecule has 1 aliphatic heterocycles. The Labute approximate surface area is 148 Å². The monoisotopic (exact) mass is 363 g/mol. The van der Waals surface area contributed by atoms with Crippen LogP contribution in [0, 0.1) is 18.7 Å². The maximum atomic E-state index is 13.0. The maximum absolute atomic E-state index is 13.0. The molecule has 0 bridgehead atoms. The molecule has 2 aromatic rings. The largest absolute Gasteiger partial charge is 0.493 e. The average molecular weight is 363 g/mol. The van der Waals surface area contributed by atoms with Crippen LogP contribution in [-0.4, -0.2) is 32.4 Å². The van der Waals surface area contributed by atoms with Crippen LogP contribution in [0.3, 0.4) is 0 Å². The van der Waals surface area contributed by atoms with Crippen LogP contribution in [0.1, 0.15) is 18.4 Å². The predicted molar refractivity (Wildman–Crippen MR) is 94.6 cm³/mol. The highest BCUT2D eigenvalue weighted by molar-refractivity contribution is 7.89. The number of hydrogen-bond donors (Lipinski definition) is 0. The van der Waals surface area contributed by atoms with E-state index in [1.165, 1.54) is 28.6 Å². The van der Waals surface area contributed by atoms with Crippen molar-refractivity contribution in [1.29, 1.82) is 0 Å². The molecule has 1 fully saturated rings. The van der Waals surface area contributed by atoms with Gasteiger partial charge in [-0.2, -0.15) is 4.31 Å². The molecule has 0 amide bonds. The van der Waals surface area contributed by atoms with Gasteiger partial charge in [0, 0.05) is 13.1 Å². The number of hydrogen-bond acceptors (Lipinski definition) is 3. The first-order valence-corrected chi connectivity index (χ1v) is 9.84. The third kappa shape index (κ3) is 4.38. The third-order valence-electron chi connectivity index (χ3n) is 4.50. The number of sulfonamides is 1. The van der Waals surface area contributed by atoms with Crippen LogP contribution in [0.15, 0.2) is 53.4 Å². The second-order valence-electron chi connectivity index (χ2n) is 6.43. The van der Waals surface area contributed by atoms with Crippen molar-refractivity contribution in [2.75, 3.05) is 19.7 Å². The van der Waals surface area contributed by atoms with Gasteiger partial charge in [0.05, 0.1) is 11.5 Å². The Kier molecular flexibility index (Phi) is 5.39. The molecule has 4 nitrogen and oxygen atoms in total. The minimum Gasteiger partial charge on any atom is -0.493 e. The maximum Gasteiger partial charge on any atom is 0.243 e. The van der Waals surface area contributed by atoms with Crippen LogP contribution in [0.4, 0.5) is 4.39 Å². The Morgan fingerprint density at radius 3 is 2.44 bits per heavy atom. The third-order valence-corrected chi connectivity index (χ3v) is 6.41. The van der Waals surface area contributed by atoms with E-state index < -0.39 is 15.8 Å². The molecule has 0 aliphatic carbocycles. The topological polar surface area (TPSA) is 46.6 Å². The summed E-state index contributed by atoms with van der Waals surface area (Å²) in [5, 5.41) is 0. The van der Waals surface area contributed by atoms with Gasteiger partial charge in [0.2, 0.25) is 10.0 Å². The lowest BCUT2D eigenvalue weighted by atomic mass is 9.99. The predicted octanol–water partition coefficient (Wildman–Crippen LogP) is 3.61. The molecule has 2 aromatic carbocycles. The zero-order chi connectivity index (χ0) is 17.9. The van der Waals surface area contributed by atoms with Gasteiger partial charge in [0.1, 0.15) is 11.6 Å². The van der Waals surface area contributed by atoms with Crippen molar-refractivity contribution in [2.45, 2.75) is 24.7 Å². The fraction of sp³-hybridized carbons (Fsp3) is 0.368. The molecule has 25 heavy (non-hydrogen) atoms. The number of benzene rings is 2. The Bertz CT molecular complexity index is 813. The molecule has 0 unspecified atom stereocenters. The smallest absolute Gasteiger partial charge is 0.243 e. The summed E-state index contributed by atoms with van der Waals surface area (Å²) in [7, 11) is -3.55. The van der Waals surface area contributed by atoms with Crippen molar-refractivity contribution in [1.82, 2.24) is 4.31 Å². The van der Waals surface area contributed by atoms with Gasteiger partial charge in [-0.15, -0.1) is 0 Å². The summed E-state index contributed by atoms with van der Waals surface area (Å²) >= 11 is 0. The zero-order valence-electron chi connectivity index (χ0n) is 14.2. The molecule has 1 saturated heterocycles. The van der Waals surface area contributed by atoms with Crippen LogP contribution in [-0.2, 0) is 10.0 Å². The summed E-state index contributed by atoms with van der Waals surface area (Å²) in [6.07, 6.45) is 1.51. The molecule has 3 rings (SSSR count). The molecule has 6 heteroatoms. The van der Waals surface area contributed by atoms with Crippen LogP contribution in [0.5, 0.6) is 5.75 Å². The average Bonchev–Trinajstić information content (AvgIpc) is 2.61. The van der Waals surface area contributed by atoms with Crippen LogP contribution < -0.4 is 4.74 Å². The fourth-order valence-corrected chi connectivity index (χ4v) is 4.46. The molecule has 0 aromatic heterocycles. The first kappa shape index (κ1) is 17.9. The first-order chi connectivity index (χ1) is 11.9. The van der Waals surface area contributed by atoms with Gasteiger partial charge in [-0.3, -0.25) is 0 Å². The molecule has 0 radical (unpaired) electrons. The number of ether oxygens (including phenoxy) is 1. The van der Waals surface area contributed by atoms with Crippen molar-refractivity contribution in [2.24, 2.45) is 5.92 Å². The standard InChI is InChI=1S/C19H22FNO3S/c1-15-3-2-4-18(13-15)24-14-16-9-11-21(12-10-16)25(22,23)19-7-5-17(20)6-8-19/h2-8,13,16H,9-12,14H2,1H3. The highest BCUT2D eigenvalue weighted by Gasteiger charge is 2.29. The van der Waals surface area contributed by atoms with Gasteiger partial charge >= 0.3 is 0 Å². The van der Waals surface area contributed by atoms with Gasteiger partial charge in [0.15, 0.2) is 0 Å². The van der Waals surface area contributed by atoms with Crippen molar-refractivity contribution < 1.29 is 17.5 Å². The van der Waals surface area contributed by atoms with Crippen molar-refractivity contribution in [3.8, 4) is 5.75 Å². The zero-order valence-corrected chi connectivity index (χ0v) is 15.0. The van der Waals surface area contributed by atoms with Gasteiger partial charge in [-0.05, 0) is 67.6 Å². The van der Waals surface area contributed by atoms with Crippen molar-refractivity contribution >= 4 is 10.0 Å². The van der Waals surface area contributed by atoms with E-state index in [0.717, 1.165) is 24.2 Å². The lowest BCUT2D eigenvalue weighted by Crippen LogP contribution is -2.39. The Hall–Kier alpha value is -1.92. The van der Waals surface area contributed by atoms with Crippen LogP contribution in [0.25, 0.3) is 0 Å². The molecule has 134 valence electrons. The summed E-state index contributed by atoms with van der Waals surface area (Å²) < 4.78 is 45.5. The molecular formula is C19H22FNO3S. The number of nitrogens with zero attached hydrogens (tertiary/aromatic N) is 1. The summed E-state index contributed by atoms with van der Waals surface area (Å²) in [6.45, 7) is 3.53. The number of rotatable bonds is 5. The molecule has 0 atom stereocenters. The molecule has 0 saturated carbocycles. The molecule has 1 heterocycles. The Balaban J connectivity index is 1.55. The van der Waals surface area contributed by atoms with E-state index in [2.05, 4.69) is 0 Å². The quantitative estimate of drug-likeness (QED) is 0.815. The van der Waals surface area contributed by atoms with E-state index in [-0.39, 0.29) is 4.90 Å². The molecular weight excluding hydrogens is 341 g/mol. The SMILES string of the molecule is Cc1cccc(OCC2CCN(S(=O)(=O)c3ccc(F)cc3)CC2)c1. The van der Waals surface area contributed by atoms with Crippen LogP contribution >= 0.6 is 0 Å². The summed E-state index contributed by atoms with van der Waals surface area (Å²) in [5.41, 5.74) is 1.15. The van der Waals surface area contributed by atoms with E-state index in [0.29, 0.717) is 25.6 Å².